The van der Waals surface area contributed by atoms with E-state index in [0.717, 1.165) is 16.9 Å². The van der Waals surface area contributed by atoms with Crippen LogP contribution >= 0.6 is 11.6 Å². The van der Waals surface area contributed by atoms with Gasteiger partial charge in [-0.05, 0) is 42.3 Å². The number of anilines is 1. The van der Waals surface area contributed by atoms with Crippen molar-refractivity contribution in [1.82, 2.24) is 4.90 Å². The lowest BCUT2D eigenvalue weighted by atomic mass is 10.1. The topological polar surface area (TPSA) is 58.6 Å². The van der Waals surface area contributed by atoms with Crippen LogP contribution in [0.2, 0.25) is 5.02 Å². The largest absolute Gasteiger partial charge is 0.497 e. The third-order valence-electron chi connectivity index (χ3n) is 4.56. The zero-order chi connectivity index (χ0) is 18.7. The van der Waals surface area contributed by atoms with Gasteiger partial charge in [0, 0.05) is 30.2 Å². The molecule has 136 valence electrons. The fourth-order valence-electron chi connectivity index (χ4n) is 2.97. The van der Waals surface area contributed by atoms with Crippen molar-refractivity contribution < 1.29 is 14.3 Å². The van der Waals surface area contributed by atoms with Crippen LogP contribution < -0.4 is 10.1 Å². The second-order valence-corrected chi connectivity index (χ2v) is 6.88. The molecule has 1 aliphatic heterocycles. The number of aryl methyl sites for hydroxylation is 1. The summed E-state index contributed by atoms with van der Waals surface area (Å²) < 4.78 is 5.14. The number of carbonyl (C=O) groups excluding carboxylic acids is 2. The molecular weight excluding hydrogens is 352 g/mol. The molecule has 1 aliphatic rings. The number of hydrogen-bond acceptors (Lipinski definition) is 3. The summed E-state index contributed by atoms with van der Waals surface area (Å²) in [5, 5.41) is 3.46. The maximum atomic E-state index is 12.5. The molecule has 2 amide bonds. The Morgan fingerprint density at radius 3 is 2.65 bits per heavy atom. The lowest BCUT2D eigenvalue weighted by molar-refractivity contribution is -0.128. The van der Waals surface area contributed by atoms with Gasteiger partial charge in [-0.3, -0.25) is 9.59 Å². The van der Waals surface area contributed by atoms with E-state index in [1.807, 2.05) is 43.3 Å². The standard InChI is InChI=1S/C20H21ClN2O3/c1-13-3-6-16(10-18(13)21)22-20(25)15-9-19(24)23(12-15)11-14-4-7-17(26-2)8-5-14/h3-8,10,15H,9,11-12H2,1-2H3,(H,22,25)/t15-/m1/s1. The molecule has 0 spiro atoms. The Morgan fingerprint density at radius 1 is 1.27 bits per heavy atom. The molecule has 26 heavy (non-hydrogen) atoms. The Balaban J connectivity index is 1.60. The van der Waals surface area contributed by atoms with E-state index >= 15 is 0 Å². The number of amides is 2. The summed E-state index contributed by atoms with van der Waals surface area (Å²) in [5.74, 6) is 0.245. The van der Waals surface area contributed by atoms with E-state index in [-0.39, 0.29) is 24.2 Å². The Labute approximate surface area is 157 Å². The van der Waals surface area contributed by atoms with Crippen LogP contribution in [0, 0.1) is 12.8 Å². The lowest BCUT2D eigenvalue weighted by Crippen LogP contribution is -2.28. The van der Waals surface area contributed by atoms with Gasteiger partial charge in [0.25, 0.3) is 0 Å². The van der Waals surface area contributed by atoms with Crippen LogP contribution in [0.3, 0.4) is 0 Å². The first kappa shape index (κ1) is 18.3. The Hall–Kier alpha value is -2.53. The zero-order valence-corrected chi connectivity index (χ0v) is 15.5. The van der Waals surface area contributed by atoms with Crippen molar-refractivity contribution in [2.75, 3.05) is 19.0 Å². The SMILES string of the molecule is COc1ccc(CN2C[C@H](C(=O)Nc3ccc(C)c(Cl)c3)CC2=O)cc1. The number of carbonyl (C=O) groups is 2. The molecular formula is C20H21ClN2O3. The molecule has 6 heteroatoms. The number of nitrogens with one attached hydrogen (secondary N) is 1. The molecule has 5 nitrogen and oxygen atoms in total. The van der Waals surface area contributed by atoms with Crippen molar-refractivity contribution in [2.45, 2.75) is 19.9 Å². The van der Waals surface area contributed by atoms with Gasteiger partial charge in [0.2, 0.25) is 11.8 Å². The van der Waals surface area contributed by atoms with E-state index in [1.54, 1.807) is 18.1 Å². The summed E-state index contributed by atoms with van der Waals surface area (Å²) in [4.78, 5) is 26.5. The minimum atomic E-state index is -0.360. The van der Waals surface area contributed by atoms with Gasteiger partial charge in [0.15, 0.2) is 0 Å². The summed E-state index contributed by atoms with van der Waals surface area (Å²) in [6, 6.07) is 13.0. The van der Waals surface area contributed by atoms with Crippen molar-refractivity contribution in [2.24, 2.45) is 5.92 Å². The highest BCUT2D eigenvalue weighted by atomic mass is 35.5. The van der Waals surface area contributed by atoms with E-state index in [9.17, 15) is 9.59 Å². The predicted octanol–water partition coefficient (Wildman–Crippen LogP) is 3.64. The number of nitrogens with zero attached hydrogens (tertiary/aromatic N) is 1. The summed E-state index contributed by atoms with van der Waals surface area (Å²) in [6.07, 6.45) is 0.224. The van der Waals surface area contributed by atoms with Crippen LogP contribution in [0.5, 0.6) is 5.75 Å². The van der Waals surface area contributed by atoms with E-state index in [1.165, 1.54) is 0 Å². The van der Waals surface area contributed by atoms with Crippen LogP contribution in [-0.4, -0.2) is 30.4 Å². The van der Waals surface area contributed by atoms with Crippen LogP contribution in [0.1, 0.15) is 17.5 Å². The maximum Gasteiger partial charge on any atom is 0.229 e. The first-order valence-electron chi connectivity index (χ1n) is 8.44. The first-order valence-corrected chi connectivity index (χ1v) is 8.82. The molecule has 1 N–H and O–H groups in total. The van der Waals surface area contributed by atoms with Crippen molar-refractivity contribution >= 4 is 29.1 Å². The number of methoxy groups -OCH3 is 1. The van der Waals surface area contributed by atoms with Crippen molar-refractivity contribution in [3.63, 3.8) is 0 Å². The van der Waals surface area contributed by atoms with E-state index in [4.69, 9.17) is 16.3 Å². The molecule has 0 saturated carbocycles. The Morgan fingerprint density at radius 2 is 2.00 bits per heavy atom. The third kappa shape index (κ3) is 4.17. The minimum Gasteiger partial charge on any atom is -0.497 e. The van der Waals surface area contributed by atoms with Gasteiger partial charge < -0.3 is 15.0 Å². The molecule has 0 radical (unpaired) electrons. The summed E-state index contributed by atoms with van der Waals surface area (Å²) in [6.45, 7) is 2.81. The fraction of sp³-hybridized carbons (Fsp3) is 0.300. The average Bonchev–Trinajstić information content (AvgIpc) is 3.00. The average molecular weight is 373 g/mol. The number of ether oxygens (including phenoxy) is 1. The van der Waals surface area contributed by atoms with Crippen molar-refractivity contribution in [3.05, 3.63) is 58.6 Å². The molecule has 0 bridgehead atoms. The van der Waals surface area contributed by atoms with Crippen LogP contribution in [0.25, 0.3) is 0 Å². The molecule has 1 atom stereocenters. The van der Waals surface area contributed by atoms with Gasteiger partial charge in [-0.2, -0.15) is 0 Å². The quantitative estimate of drug-likeness (QED) is 0.871. The molecule has 2 aromatic carbocycles. The van der Waals surface area contributed by atoms with Gasteiger partial charge in [0.05, 0.1) is 13.0 Å². The van der Waals surface area contributed by atoms with Gasteiger partial charge >= 0.3 is 0 Å². The van der Waals surface area contributed by atoms with Gasteiger partial charge in [-0.15, -0.1) is 0 Å². The van der Waals surface area contributed by atoms with Crippen molar-refractivity contribution in [1.29, 1.82) is 0 Å². The lowest BCUT2D eigenvalue weighted by Gasteiger charge is -2.17. The molecule has 1 saturated heterocycles. The molecule has 3 rings (SSSR count). The van der Waals surface area contributed by atoms with Crippen molar-refractivity contribution in [3.8, 4) is 5.75 Å². The first-order chi connectivity index (χ1) is 12.5. The smallest absolute Gasteiger partial charge is 0.229 e. The maximum absolute atomic E-state index is 12.5. The second-order valence-electron chi connectivity index (χ2n) is 6.48. The summed E-state index contributed by atoms with van der Waals surface area (Å²) in [7, 11) is 1.61. The molecule has 2 aromatic rings. The number of benzene rings is 2. The Kier molecular flexibility index (Phi) is 5.47. The van der Waals surface area contributed by atoms with Crippen LogP contribution in [0.15, 0.2) is 42.5 Å². The van der Waals surface area contributed by atoms with Gasteiger partial charge in [0.1, 0.15) is 5.75 Å². The molecule has 0 aromatic heterocycles. The number of halogens is 1. The monoisotopic (exact) mass is 372 g/mol. The summed E-state index contributed by atoms with van der Waals surface area (Å²) >= 11 is 6.09. The van der Waals surface area contributed by atoms with Gasteiger partial charge in [-0.1, -0.05) is 29.8 Å². The number of hydrogen-bond donors (Lipinski definition) is 1. The molecule has 0 unspecified atom stereocenters. The number of likely N-dealkylation sites (tertiary alicyclic amines) is 1. The highest BCUT2D eigenvalue weighted by Gasteiger charge is 2.34. The molecule has 1 heterocycles. The van der Waals surface area contributed by atoms with E-state index in [0.29, 0.717) is 23.8 Å². The minimum absolute atomic E-state index is 0.0112. The fourth-order valence-corrected chi connectivity index (χ4v) is 3.15. The predicted molar refractivity (Wildman–Crippen MR) is 101 cm³/mol. The van der Waals surface area contributed by atoms with E-state index in [2.05, 4.69) is 5.32 Å². The second kappa shape index (κ2) is 7.79. The summed E-state index contributed by atoms with van der Waals surface area (Å²) in [5.41, 5.74) is 2.60. The van der Waals surface area contributed by atoms with Gasteiger partial charge in [-0.25, -0.2) is 0 Å². The number of rotatable bonds is 5. The van der Waals surface area contributed by atoms with Crippen LogP contribution in [0.4, 0.5) is 5.69 Å². The highest BCUT2D eigenvalue weighted by molar-refractivity contribution is 6.31. The van der Waals surface area contributed by atoms with Crippen LogP contribution in [-0.2, 0) is 16.1 Å². The van der Waals surface area contributed by atoms with E-state index < -0.39 is 0 Å². The Bertz CT molecular complexity index is 820. The zero-order valence-electron chi connectivity index (χ0n) is 14.8. The molecule has 1 fully saturated rings. The third-order valence-corrected chi connectivity index (χ3v) is 4.96. The normalized spacial score (nSPS) is 16.7. The highest BCUT2D eigenvalue weighted by Crippen LogP contribution is 2.24. The molecule has 0 aliphatic carbocycles.